The summed E-state index contributed by atoms with van der Waals surface area (Å²) < 4.78 is 28.2. The molecule has 0 aromatic rings. The van der Waals surface area contributed by atoms with Crippen LogP contribution in [-0.4, -0.2) is 37.9 Å². The topological polar surface area (TPSA) is 75.4 Å². The molecule has 1 heterocycles. The summed E-state index contributed by atoms with van der Waals surface area (Å²) in [6.07, 6.45) is 4.91. The Morgan fingerprint density at radius 2 is 1.75 bits per heavy atom. The van der Waals surface area contributed by atoms with E-state index in [2.05, 4.69) is 4.72 Å². The molecule has 1 saturated heterocycles. The van der Waals surface area contributed by atoms with Crippen LogP contribution in [0.2, 0.25) is 0 Å². The first kappa shape index (κ1) is 11.0. The van der Waals surface area contributed by atoms with Gasteiger partial charge in [-0.1, -0.05) is 0 Å². The maximum atomic E-state index is 11.9. The molecule has 3 aliphatic rings. The molecule has 2 saturated carbocycles. The molecule has 5 nitrogen and oxygen atoms in total. The summed E-state index contributed by atoms with van der Waals surface area (Å²) in [6, 6.07) is 0.444. The number of nitrogens with two attached hydrogens (primary N) is 1. The van der Waals surface area contributed by atoms with E-state index in [1.807, 2.05) is 0 Å². The fourth-order valence-electron chi connectivity index (χ4n) is 3.07. The van der Waals surface area contributed by atoms with Gasteiger partial charge in [0.05, 0.1) is 0 Å². The van der Waals surface area contributed by atoms with Crippen LogP contribution in [0.25, 0.3) is 0 Å². The molecule has 0 radical (unpaired) electrons. The van der Waals surface area contributed by atoms with Crippen molar-refractivity contribution in [1.82, 2.24) is 9.03 Å². The Balaban J connectivity index is 1.55. The predicted molar refractivity (Wildman–Crippen MR) is 60.9 cm³/mol. The number of rotatable bonds is 3. The summed E-state index contributed by atoms with van der Waals surface area (Å²) in [5.74, 6) is 0. The van der Waals surface area contributed by atoms with Gasteiger partial charge in [-0.15, -0.1) is 0 Å². The maximum Gasteiger partial charge on any atom is 0.279 e. The van der Waals surface area contributed by atoms with Crippen molar-refractivity contribution < 1.29 is 8.42 Å². The molecule has 1 spiro atoms. The molecular formula is C10H19N3O2S. The second-order valence-electron chi connectivity index (χ2n) is 5.51. The Hall–Kier alpha value is -0.170. The van der Waals surface area contributed by atoms with E-state index in [9.17, 15) is 8.42 Å². The molecule has 3 rings (SSSR count). The van der Waals surface area contributed by atoms with Crippen molar-refractivity contribution >= 4 is 10.2 Å². The lowest BCUT2D eigenvalue weighted by atomic mass is 9.77. The molecule has 16 heavy (non-hydrogen) atoms. The van der Waals surface area contributed by atoms with E-state index in [-0.39, 0.29) is 6.04 Å². The third kappa shape index (κ3) is 1.68. The highest BCUT2D eigenvalue weighted by atomic mass is 32.2. The van der Waals surface area contributed by atoms with Gasteiger partial charge >= 0.3 is 0 Å². The lowest BCUT2D eigenvalue weighted by Gasteiger charge is -2.37. The fraction of sp³-hybridized carbons (Fsp3) is 1.00. The highest BCUT2D eigenvalue weighted by Gasteiger charge is 2.60. The van der Waals surface area contributed by atoms with Crippen LogP contribution in [0.1, 0.15) is 32.1 Å². The van der Waals surface area contributed by atoms with E-state index in [4.69, 9.17) is 5.73 Å². The summed E-state index contributed by atoms with van der Waals surface area (Å²) in [7, 11) is -3.22. The number of nitrogens with zero attached hydrogens (tertiary/aromatic N) is 1. The van der Waals surface area contributed by atoms with Gasteiger partial charge in [0.25, 0.3) is 10.2 Å². The summed E-state index contributed by atoms with van der Waals surface area (Å²) in [5, 5.41) is 0. The van der Waals surface area contributed by atoms with Crippen molar-refractivity contribution in [2.75, 3.05) is 13.1 Å². The third-order valence-electron chi connectivity index (χ3n) is 4.28. The van der Waals surface area contributed by atoms with Crippen molar-refractivity contribution in [3.05, 3.63) is 0 Å². The van der Waals surface area contributed by atoms with E-state index < -0.39 is 10.2 Å². The zero-order valence-corrected chi connectivity index (χ0v) is 10.2. The Bertz CT molecular complexity index is 383. The maximum absolute atomic E-state index is 11.9. The van der Waals surface area contributed by atoms with E-state index in [0.29, 0.717) is 24.5 Å². The molecule has 0 amide bonds. The molecular weight excluding hydrogens is 226 g/mol. The monoisotopic (exact) mass is 245 g/mol. The normalized spacial score (nSPS) is 43.6. The molecule has 0 bridgehead atoms. The summed E-state index contributed by atoms with van der Waals surface area (Å²) >= 11 is 0. The van der Waals surface area contributed by atoms with Crippen LogP contribution in [0, 0.1) is 5.41 Å². The number of nitrogens with one attached hydrogen (secondary N) is 1. The van der Waals surface area contributed by atoms with Crippen molar-refractivity contribution in [3.63, 3.8) is 0 Å². The average Bonchev–Trinajstić information content (AvgIpc) is 2.68. The van der Waals surface area contributed by atoms with Gasteiger partial charge in [0, 0.05) is 25.2 Å². The van der Waals surface area contributed by atoms with Crippen LogP contribution in [0.4, 0.5) is 0 Å². The first-order valence-electron chi connectivity index (χ1n) is 6.05. The minimum Gasteiger partial charge on any atom is -0.327 e. The largest absolute Gasteiger partial charge is 0.327 e. The highest BCUT2D eigenvalue weighted by Crippen LogP contribution is 2.59. The van der Waals surface area contributed by atoms with Crippen LogP contribution in [0.5, 0.6) is 0 Å². The molecule has 1 atom stereocenters. The molecule has 92 valence electrons. The van der Waals surface area contributed by atoms with Gasteiger partial charge in [-0.05, 0) is 37.5 Å². The van der Waals surface area contributed by atoms with Crippen molar-refractivity contribution in [1.29, 1.82) is 0 Å². The van der Waals surface area contributed by atoms with Crippen LogP contribution >= 0.6 is 0 Å². The van der Waals surface area contributed by atoms with Crippen molar-refractivity contribution in [3.8, 4) is 0 Å². The SMILES string of the molecule is NC1CC12CC(NS(=O)(=O)N1CCCC1)C2. The van der Waals surface area contributed by atoms with Gasteiger partial charge in [-0.2, -0.15) is 17.4 Å². The van der Waals surface area contributed by atoms with Crippen LogP contribution in [-0.2, 0) is 10.2 Å². The molecule has 2 aliphatic carbocycles. The number of hydrogen-bond donors (Lipinski definition) is 2. The smallest absolute Gasteiger partial charge is 0.279 e. The first-order valence-corrected chi connectivity index (χ1v) is 7.49. The molecule has 6 heteroatoms. The minimum absolute atomic E-state index is 0.124. The van der Waals surface area contributed by atoms with Crippen LogP contribution < -0.4 is 10.5 Å². The zero-order valence-electron chi connectivity index (χ0n) is 9.35. The van der Waals surface area contributed by atoms with Crippen LogP contribution in [0.3, 0.4) is 0 Å². The first-order chi connectivity index (χ1) is 7.52. The van der Waals surface area contributed by atoms with Gasteiger partial charge in [-0.25, -0.2) is 0 Å². The molecule has 0 aromatic heterocycles. The Morgan fingerprint density at radius 1 is 1.19 bits per heavy atom. The van der Waals surface area contributed by atoms with Gasteiger partial charge in [-0.3, -0.25) is 0 Å². The molecule has 1 aliphatic heterocycles. The summed E-state index contributed by atoms with van der Waals surface area (Å²) in [6.45, 7) is 1.35. The zero-order chi connectivity index (χ0) is 11.4. The lowest BCUT2D eigenvalue weighted by Crippen LogP contribution is -2.51. The lowest BCUT2D eigenvalue weighted by molar-refractivity contribution is 0.212. The van der Waals surface area contributed by atoms with Crippen molar-refractivity contribution in [2.45, 2.75) is 44.2 Å². The molecule has 3 N–H and O–H groups in total. The number of hydrogen-bond acceptors (Lipinski definition) is 3. The summed E-state index contributed by atoms with van der Waals surface area (Å²) in [4.78, 5) is 0. The Morgan fingerprint density at radius 3 is 2.25 bits per heavy atom. The standard InChI is InChI=1S/C10H19N3O2S/c11-9-7-10(9)5-8(6-10)12-16(14,15)13-3-1-2-4-13/h8-9,12H,1-7,11H2. The second-order valence-corrected chi connectivity index (χ2v) is 7.21. The molecule has 3 fully saturated rings. The average molecular weight is 245 g/mol. The molecule has 0 aromatic carbocycles. The van der Waals surface area contributed by atoms with Crippen molar-refractivity contribution in [2.24, 2.45) is 11.1 Å². The van der Waals surface area contributed by atoms with E-state index in [1.165, 1.54) is 0 Å². The fourth-order valence-corrected chi connectivity index (χ4v) is 4.54. The molecule has 1 unspecified atom stereocenters. The van der Waals surface area contributed by atoms with Crippen LogP contribution in [0.15, 0.2) is 0 Å². The van der Waals surface area contributed by atoms with Gasteiger partial charge in [0.1, 0.15) is 0 Å². The Labute approximate surface area is 96.6 Å². The minimum atomic E-state index is -3.22. The van der Waals surface area contributed by atoms with E-state index >= 15 is 0 Å². The van der Waals surface area contributed by atoms with E-state index in [1.54, 1.807) is 4.31 Å². The predicted octanol–water partition coefficient (Wildman–Crippen LogP) is -0.204. The highest BCUT2D eigenvalue weighted by molar-refractivity contribution is 7.87. The van der Waals surface area contributed by atoms with E-state index in [0.717, 1.165) is 32.1 Å². The second kappa shape index (κ2) is 3.41. The van der Waals surface area contributed by atoms with Gasteiger partial charge < -0.3 is 5.73 Å². The van der Waals surface area contributed by atoms with Gasteiger partial charge in [0.15, 0.2) is 0 Å². The summed E-state index contributed by atoms with van der Waals surface area (Å²) in [5.41, 5.74) is 6.13. The quantitative estimate of drug-likeness (QED) is 0.723. The third-order valence-corrected chi connectivity index (χ3v) is 5.96. The van der Waals surface area contributed by atoms with Gasteiger partial charge in [0.2, 0.25) is 0 Å². The Kier molecular flexibility index (Phi) is 2.34.